The standard InChI is InChI=1S/C12H16ClNO/c13-10-7-3-6-9(12(10)15)11(14)8-4-1-2-5-8/h3,6-8,11,15H,1-2,4-5,14H2/t11-/m0/s1. The zero-order chi connectivity index (χ0) is 10.8. The van der Waals surface area contributed by atoms with Crippen LogP contribution in [-0.2, 0) is 0 Å². The van der Waals surface area contributed by atoms with Gasteiger partial charge < -0.3 is 10.8 Å². The summed E-state index contributed by atoms with van der Waals surface area (Å²) in [5.74, 6) is 0.646. The zero-order valence-corrected chi connectivity index (χ0v) is 9.37. The number of nitrogens with two attached hydrogens (primary N) is 1. The number of aromatic hydroxyl groups is 1. The minimum atomic E-state index is -0.0776. The lowest BCUT2D eigenvalue weighted by Gasteiger charge is -2.20. The highest BCUT2D eigenvalue weighted by Crippen LogP contribution is 2.39. The smallest absolute Gasteiger partial charge is 0.138 e. The molecule has 1 saturated carbocycles. The Morgan fingerprint density at radius 1 is 1.33 bits per heavy atom. The lowest BCUT2D eigenvalue weighted by molar-refractivity contribution is 0.412. The molecule has 2 rings (SSSR count). The second-order valence-corrected chi connectivity index (χ2v) is 4.66. The van der Waals surface area contributed by atoms with Crippen LogP contribution in [0.1, 0.15) is 37.3 Å². The van der Waals surface area contributed by atoms with Crippen LogP contribution in [0.25, 0.3) is 0 Å². The van der Waals surface area contributed by atoms with Crippen molar-refractivity contribution >= 4 is 11.6 Å². The van der Waals surface area contributed by atoms with Crippen molar-refractivity contribution in [1.29, 1.82) is 0 Å². The van der Waals surface area contributed by atoms with Crippen molar-refractivity contribution in [3.05, 3.63) is 28.8 Å². The highest BCUT2D eigenvalue weighted by Gasteiger charge is 2.25. The van der Waals surface area contributed by atoms with Gasteiger partial charge in [0.15, 0.2) is 0 Å². The van der Waals surface area contributed by atoms with Crippen LogP contribution in [0.2, 0.25) is 5.02 Å². The molecule has 0 radical (unpaired) electrons. The molecule has 0 unspecified atom stereocenters. The van der Waals surface area contributed by atoms with E-state index >= 15 is 0 Å². The fourth-order valence-electron chi connectivity index (χ4n) is 2.37. The molecule has 1 aliphatic carbocycles. The van der Waals surface area contributed by atoms with Gasteiger partial charge in [-0.2, -0.15) is 0 Å². The molecule has 15 heavy (non-hydrogen) atoms. The van der Waals surface area contributed by atoms with E-state index in [4.69, 9.17) is 17.3 Å². The summed E-state index contributed by atoms with van der Waals surface area (Å²) in [6.45, 7) is 0. The topological polar surface area (TPSA) is 46.2 Å². The molecule has 0 aliphatic heterocycles. The predicted molar refractivity (Wildman–Crippen MR) is 62.0 cm³/mol. The van der Waals surface area contributed by atoms with Gasteiger partial charge in [-0.15, -0.1) is 0 Å². The minimum Gasteiger partial charge on any atom is -0.506 e. The van der Waals surface area contributed by atoms with Crippen LogP contribution in [0.4, 0.5) is 0 Å². The number of benzene rings is 1. The first-order valence-corrected chi connectivity index (χ1v) is 5.81. The van der Waals surface area contributed by atoms with Gasteiger partial charge in [0.1, 0.15) is 5.75 Å². The lowest BCUT2D eigenvalue weighted by atomic mass is 9.92. The van der Waals surface area contributed by atoms with Crippen LogP contribution < -0.4 is 5.73 Å². The second-order valence-electron chi connectivity index (χ2n) is 4.25. The first kappa shape index (κ1) is 10.8. The summed E-state index contributed by atoms with van der Waals surface area (Å²) in [6, 6.07) is 5.31. The van der Waals surface area contributed by atoms with Crippen molar-refractivity contribution in [3.63, 3.8) is 0 Å². The van der Waals surface area contributed by atoms with E-state index in [2.05, 4.69) is 0 Å². The Morgan fingerprint density at radius 2 is 2.00 bits per heavy atom. The minimum absolute atomic E-state index is 0.0776. The normalized spacial score (nSPS) is 19.3. The van der Waals surface area contributed by atoms with E-state index in [0.29, 0.717) is 10.9 Å². The molecule has 1 atom stereocenters. The Hall–Kier alpha value is -0.730. The second kappa shape index (κ2) is 4.42. The molecular weight excluding hydrogens is 210 g/mol. The Labute approximate surface area is 95.1 Å². The molecule has 1 aliphatic rings. The molecular formula is C12H16ClNO. The number of phenolic OH excluding ortho intramolecular Hbond substituents is 1. The third-order valence-corrected chi connectivity index (χ3v) is 3.59. The van der Waals surface area contributed by atoms with E-state index in [0.717, 1.165) is 18.4 Å². The fourth-order valence-corrected chi connectivity index (χ4v) is 2.55. The summed E-state index contributed by atoms with van der Waals surface area (Å²) in [6.07, 6.45) is 4.82. The molecule has 0 spiro atoms. The van der Waals surface area contributed by atoms with E-state index < -0.39 is 0 Å². The third kappa shape index (κ3) is 2.11. The van der Waals surface area contributed by atoms with E-state index in [1.54, 1.807) is 6.07 Å². The molecule has 0 amide bonds. The molecule has 82 valence electrons. The highest BCUT2D eigenvalue weighted by atomic mass is 35.5. The molecule has 0 bridgehead atoms. The summed E-state index contributed by atoms with van der Waals surface area (Å²) in [4.78, 5) is 0. The van der Waals surface area contributed by atoms with Crippen molar-refractivity contribution in [2.24, 2.45) is 11.7 Å². The summed E-state index contributed by atoms with van der Waals surface area (Å²) >= 11 is 5.86. The first-order valence-electron chi connectivity index (χ1n) is 5.43. The Balaban J connectivity index is 2.24. The van der Waals surface area contributed by atoms with E-state index in [-0.39, 0.29) is 11.8 Å². The molecule has 2 nitrogen and oxygen atoms in total. The lowest BCUT2D eigenvalue weighted by Crippen LogP contribution is -2.19. The Morgan fingerprint density at radius 3 is 2.67 bits per heavy atom. The summed E-state index contributed by atoms with van der Waals surface area (Å²) in [7, 11) is 0. The number of hydrogen-bond donors (Lipinski definition) is 2. The molecule has 3 heteroatoms. The van der Waals surface area contributed by atoms with Crippen molar-refractivity contribution in [2.75, 3.05) is 0 Å². The van der Waals surface area contributed by atoms with Crippen molar-refractivity contribution < 1.29 is 5.11 Å². The number of hydrogen-bond acceptors (Lipinski definition) is 2. The third-order valence-electron chi connectivity index (χ3n) is 3.28. The molecule has 3 N–H and O–H groups in total. The number of rotatable bonds is 2. The van der Waals surface area contributed by atoms with Gasteiger partial charge in [-0.05, 0) is 24.8 Å². The molecule has 1 aromatic rings. The van der Waals surface area contributed by atoms with Gasteiger partial charge in [-0.3, -0.25) is 0 Å². The maximum absolute atomic E-state index is 9.82. The number of phenols is 1. The van der Waals surface area contributed by atoms with Crippen LogP contribution in [0, 0.1) is 5.92 Å². The Bertz CT molecular complexity index is 347. The average molecular weight is 226 g/mol. The van der Waals surface area contributed by atoms with Crippen molar-refractivity contribution in [1.82, 2.24) is 0 Å². The zero-order valence-electron chi connectivity index (χ0n) is 8.62. The molecule has 0 saturated heterocycles. The van der Waals surface area contributed by atoms with Gasteiger partial charge in [0.2, 0.25) is 0 Å². The predicted octanol–water partition coefficient (Wildman–Crippen LogP) is 3.24. The van der Waals surface area contributed by atoms with E-state index in [1.807, 2.05) is 12.1 Å². The van der Waals surface area contributed by atoms with Gasteiger partial charge in [-0.25, -0.2) is 0 Å². The van der Waals surface area contributed by atoms with Crippen LogP contribution in [0.5, 0.6) is 5.75 Å². The SMILES string of the molecule is N[C@H](c1cccc(Cl)c1O)C1CCCC1. The monoisotopic (exact) mass is 225 g/mol. The van der Waals surface area contributed by atoms with Crippen LogP contribution in [0.15, 0.2) is 18.2 Å². The fraction of sp³-hybridized carbons (Fsp3) is 0.500. The van der Waals surface area contributed by atoms with Gasteiger partial charge in [0, 0.05) is 11.6 Å². The highest BCUT2D eigenvalue weighted by molar-refractivity contribution is 6.32. The van der Waals surface area contributed by atoms with Crippen LogP contribution in [0.3, 0.4) is 0 Å². The summed E-state index contributed by atoms with van der Waals surface area (Å²) in [5, 5.41) is 10.2. The van der Waals surface area contributed by atoms with Crippen LogP contribution >= 0.6 is 11.6 Å². The van der Waals surface area contributed by atoms with Crippen molar-refractivity contribution in [3.8, 4) is 5.75 Å². The Kier molecular flexibility index (Phi) is 3.17. The maximum atomic E-state index is 9.82. The van der Waals surface area contributed by atoms with Gasteiger partial charge in [-0.1, -0.05) is 36.6 Å². The maximum Gasteiger partial charge on any atom is 0.138 e. The number of para-hydroxylation sites is 1. The first-order chi connectivity index (χ1) is 7.20. The quantitative estimate of drug-likeness (QED) is 0.812. The summed E-state index contributed by atoms with van der Waals surface area (Å²) in [5.41, 5.74) is 6.94. The van der Waals surface area contributed by atoms with Gasteiger partial charge in [0.25, 0.3) is 0 Å². The average Bonchev–Trinajstić information content (AvgIpc) is 2.74. The molecule has 1 fully saturated rings. The largest absolute Gasteiger partial charge is 0.506 e. The summed E-state index contributed by atoms with van der Waals surface area (Å²) < 4.78 is 0. The van der Waals surface area contributed by atoms with Gasteiger partial charge >= 0.3 is 0 Å². The number of halogens is 1. The van der Waals surface area contributed by atoms with E-state index in [9.17, 15) is 5.11 Å². The molecule has 0 heterocycles. The molecule has 1 aromatic carbocycles. The van der Waals surface area contributed by atoms with Crippen molar-refractivity contribution in [2.45, 2.75) is 31.7 Å². The molecule has 0 aromatic heterocycles. The van der Waals surface area contributed by atoms with Crippen LogP contribution in [-0.4, -0.2) is 5.11 Å². The van der Waals surface area contributed by atoms with Gasteiger partial charge in [0.05, 0.1) is 5.02 Å². The van der Waals surface area contributed by atoms with E-state index in [1.165, 1.54) is 12.8 Å².